The Balaban J connectivity index is 0.000000178. The van der Waals surface area contributed by atoms with E-state index in [1.54, 1.807) is 80.6 Å². The zero-order valence-electron chi connectivity index (χ0n) is 77.0. The summed E-state index contributed by atoms with van der Waals surface area (Å²) >= 11 is 2.47. The zero-order chi connectivity index (χ0) is 98.2. The molecule has 47 heteroatoms. The minimum atomic E-state index is -4.88. The maximum absolute atomic E-state index is 13.2. The first-order valence-electron chi connectivity index (χ1n) is 46.4. The van der Waals surface area contributed by atoms with Gasteiger partial charge in [-0.3, -0.25) is 66.7 Å². The number of aromatic nitrogens is 8. The Morgan fingerprint density at radius 2 is 0.897 bits per heavy atom. The fourth-order valence-electron chi connectivity index (χ4n) is 24.1. The minimum absolute atomic E-state index is 0. The van der Waals surface area contributed by atoms with Gasteiger partial charge in [0.1, 0.15) is 73.5 Å². The number of aliphatic hydroxyl groups excluding tert-OH is 3. The molecule has 18 unspecified atom stereocenters. The Kier molecular flexibility index (Phi) is 36.7. The number of nitrogens with zero attached hydrogens (tertiary/aromatic N) is 4. The molecule has 754 valence electrons. The van der Waals surface area contributed by atoms with Crippen LogP contribution in [0.2, 0.25) is 14.8 Å². The third-order valence-corrected chi connectivity index (χ3v) is 41.1. The van der Waals surface area contributed by atoms with Gasteiger partial charge in [-0.2, -0.15) is 0 Å². The number of H-pyrrole nitrogens is 4. The van der Waals surface area contributed by atoms with Gasteiger partial charge >= 0.3 is 223 Å². The van der Waals surface area contributed by atoms with Crippen molar-refractivity contribution in [1.29, 1.82) is 0 Å². The van der Waals surface area contributed by atoms with Gasteiger partial charge in [-0.15, -0.1) is 4.52 Å². The molecule has 8 heterocycles. The van der Waals surface area contributed by atoms with E-state index in [1.165, 1.54) is 39.0 Å². The van der Waals surface area contributed by atoms with Gasteiger partial charge in [0.2, 0.25) is 0 Å². The van der Waals surface area contributed by atoms with Gasteiger partial charge < -0.3 is 48.8 Å². The van der Waals surface area contributed by atoms with E-state index in [4.69, 9.17) is 47.5 Å². The molecule has 8 saturated carbocycles. The van der Waals surface area contributed by atoms with Crippen LogP contribution in [-0.2, 0) is 89.4 Å². The summed E-state index contributed by atoms with van der Waals surface area (Å²) in [5.41, 5.74) is -4.19. The van der Waals surface area contributed by atoms with E-state index in [0.717, 1.165) is 107 Å². The van der Waals surface area contributed by atoms with E-state index < -0.39 is 186 Å². The van der Waals surface area contributed by atoms with Gasteiger partial charge in [0.15, 0.2) is 6.66 Å². The Morgan fingerprint density at radius 3 is 1.33 bits per heavy atom. The van der Waals surface area contributed by atoms with E-state index in [0.29, 0.717) is 95.1 Å². The fourth-order valence-corrected chi connectivity index (χ4v) is 30.3. The number of ketones is 2. The molecule has 0 radical (unpaired) electrons. The topological polar surface area (TPSA) is 567 Å². The number of aromatic amines is 4. The van der Waals surface area contributed by atoms with Crippen molar-refractivity contribution >= 4 is 149 Å². The monoisotopic (exact) mass is 2410 g/mol. The normalized spacial score (nSPS) is 34.4. The molecule has 4 aromatic rings. The van der Waals surface area contributed by atoms with Crippen LogP contribution in [0.5, 0.6) is 0 Å². The molecular weight excluding hydrogens is 2280 g/mol. The Bertz CT molecular complexity index is 5680. The standard InChI is InChI=1S/C34H46N2O9P.C32H44IN2O12P.C10H12IN2O6P.C9H11IN2O5.CH4.3CH3.Sn/c1-33-14-10-21(37)18-20(33)4-5-22-23-6-7-27(34(23,2)15-11-24(22)33)45-31(40)9-8-30(39)44-26-19-29(43-25(26)13-17-46(3)42)36-16-12-28(38)35-32(36)41;1-31-11-9-18(36)13-17(31)3-4-19-20-5-6-25(32(20,2)12-10-21(19)31)47-28(38)8-7-27(37)46-23-14-26(45-24(23)16-44-48(41,42)43)35-15-22(33)29(39)34-30(35)40;1-20(17)18-4-7-6(14)2-8(19-7)13-3-5(11)9(15)12-10(13)16;10-4-2-12(9(16)11-8(4)15)7-1-5(14)6(3-13)17-7;;;;;/h16,20,22-27,29H,4-11,13-15,17-19H2,1-3H3;15,17,19-21,23-26H,3-14,16H2,1-2H3,(H,34,39,40)(H2,41,42,43);3,6-8,14H,2,4H2,1H3;2,5-7,13-14H,1,3H2,(H,11,15,16);1H4;3*1H3;/p+2/t20-,22?,23-,24?,25?,26?,27-,29?,33-,34-;17-,19?,20-,21?,23?,24?,25-,26?,31-,32-;;;;;;;/m00......./s1/i;33-2;;;;;;;. The number of esters is 4. The molecule has 12 aliphatic rings. The van der Waals surface area contributed by atoms with Crippen LogP contribution in [0.15, 0.2) is 63.1 Å². The molecule has 0 amide bonds. The predicted molar refractivity (Wildman–Crippen MR) is 518 cm³/mol. The van der Waals surface area contributed by atoms with Crippen LogP contribution in [-0.4, -0.2) is 217 Å². The number of hydrogen-bond donors (Lipinski definition) is 9. The van der Waals surface area contributed by atoms with Crippen LogP contribution in [0, 0.1) is 79.7 Å². The summed E-state index contributed by atoms with van der Waals surface area (Å²) in [6, 6.07) is 0. The molecule has 0 spiro atoms. The molecule has 4 aromatic heterocycles. The number of aliphatic hydroxyl groups is 3. The van der Waals surface area contributed by atoms with Crippen molar-refractivity contribution in [1.82, 2.24) is 38.2 Å². The second kappa shape index (κ2) is 45.5. The van der Waals surface area contributed by atoms with Crippen LogP contribution in [0.1, 0.15) is 233 Å². The number of carbonyl (C=O) groups is 6. The number of halogens is 3. The molecule has 40 nitrogen and oxygen atoms in total. The van der Waals surface area contributed by atoms with E-state index in [-0.39, 0.29) is 115 Å². The van der Waals surface area contributed by atoms with Crippen molar-refractivity contribution in [2.24, 2.45) is 69.0 Å². The molecule has 0 aromatic carbocycles. The summed E-state index contributed by atoms with van der Waals surface area (Å²) in [5, 5.41) is 28.4. The van der Waals surface area contributed by atoms with Crippen molar-refractivity contribution in [2.75, 3.05) is 39.3 Å². The van der Waals surface area contributed by atoms with Crippen LogP contribution in [0.4, 0.5) is 0 Å². The second-order valence-electron chi connectivity index (χ2n) is 40.4. The molecule has 28 atom stereocenters. The summed E-state index contributed by atoms with van der Waals surface area (Å²) in [7, 11) is -8.11. The van der Waals surface area contributed by atoms with Gasteiger partial charge in [-0.05, 0) is 220 Å². The van der Waals surface area contributed by atoms with Crippen LogP contribution >= 0.6 is 91.4 Å². The second-order valence-corrected chi connectivity index (χ2v) is 62.3. The first-order valence-corrected chi connectivity index (χ1v) is 64.7. The van der Waals surface area contributed by atoms with Crippen molar-refractivity contribution < 1.29 is 115 Å². The fraction of sp³-hybridized carbons (Fsp3) is 0.753. The summed E-state index contributed by atoms with van der Waals surface area (Å²) in [6.07, 6.45) is 13.4. The Labute approximate surface area is 831 Å². The molecule has 4 saturated heterocycles. The number of fused-ring (bicyclic) bond motifs is 10. The quantitative estimate of drug-likeness (QED) is 0.00983. The molecule has 9 N–H and O–H groups in total. The number of rotatable bonds is 25. The van der Waals surface area contributed by atoms with E-state index in [2.05, 4.69) is 67.0 Å². The first kappa shape index (κ1) is 110. The first-order chi connectivity index (χ1) is 63.5. The third kappa shape index (κ3) is 25.3. The SMILES string of the molecule is C.C[C@]12CCC3C(CC[C@H]4CC(=O)CC[C@]34C)[C@@H]1CC[C@@H]2OC(=O)CCC(=O)OC1CC(n2cc([125I])c(=O)[nH]c2=O)OC1COP(=O)(O)O.C[P+](=O)CCC1OC(n2c[c]([Sn]([CH3])([CH3])[CH3])c(=O)[nH]c2=O)CC1OC(=O)CCC(=O)O[C@H]1CC[C@H]2C3CC[C@H]4CC(=O)CC[C@]4(C)C3CC[C@]12C.C[P+](=O)OCC1OC(n2cc(I)c(=O)[nH]c2=O)CC1O.O=c1[nH]c(=O)n(C2CC(O)C(CO)O2)cc1I. The molecule has 8 aliphatic carbocycles. The van der Waals surface area contributed by atoms with Crippen molar-refractivity contribution in [2.45, 2.75) is 309 Å². The van der Waals surface area contributed by atoms with Gasteiger partial charge in [-0.1, -0.05) is 35.1 Å². The van der Waals surface area contributed by atoms with Crippen molar-refractivity contribution in [3.05, 3.63) is 119 Å². The molecule has 4 aliphatic heterocycles. The zero-order valence-corrected chi connectivity index (χ0v) is 89.0. The Morgan fingerprint density at radius 1 is 0.507 bits per heavy atom. The van der Waals surface area contributed by atoms with Gasteiger partial charge in [0.25, 0.3) is 16.7 Å². The number of Topliss-reactive ketones (excluding diaryl/α,β-unsaturated/α-hetero) is 2. The van der Waals surface area contributed by atoms with Crippen LogP contribution < -0.4 is 48.6 Å². The summed E-state index contributed by atoms with van der Waals surface area (Å²) in [6.45, 7) is 11.5. The Hall–Kier alpha value is -5.08. The molecule has 0 bridgehead atoms. The molecular formula is C89H128I3N8O32P3Sn+2. The number of phosphoric acid groups is 1. The van der Waals surface area contributed by atoms with Crippen molar-refractivity contribution in [3.63, 3.8) is 0 Å². The maximum atomic E-state index is 13.2. The van der Waals surface area contributed by atoms with Gasteiger partial charge in [0.05, 0.1) is 49.0 Å². The summed E-state index contributed by atoms with van der Waals surface area (Å²) < 4.78 is 96.6. The number of carbonyl (C=O) groups excluding carboxylic acids is 6. The number of nitrogens with one attached hydrogen (secondary N) is 4. The smallest absolute Gasteiger partial charge is 0.394 e. The average Bonchev–Trinajstić information content (AvgIpc) is 1.46. The van der Waals surface area contributed by atoms with Crippen molar-refractivity contribution in [3.8, 4) is 0 Å². The summed E-state index contributed by atoms with van der Waals surface area (Å²) in [5.74, 6) is 3.00. The summed E-state index contributed by atoms with van der Waals surface area (Å²) in [4.78, 5) is 206. The van der Waals surface area contributed by atoms with E-state index >= 15 is 0 Å². The van der Waals surface area contributed by atoms with E-state index in [1.807, 2.05) is 0 Å². The third-order valence-electron chi connectivity index (χ3n) is 31.3. The van der Waals surface area contributed by atoms with Crippen LogP contribution in [0.3, 0.4) is 0 Å². The van der Waals surface area contributed by atoms with E-state index in [9.17, 15) is 101 Å². The van der Waals surface area contributed by atoms with Gasteiger partial charge in [-0.25, -0.2) is 18.9 Å². The number of ether oxygens (including phenoxy) is 8. The number of hydrogen-bond acceptors (Lipinski definition) is 30. The molecule has 12 fully saturated rings. The average molecular weight is 2410 g/mol. The number of phosphoric ester groups is 1. The molecule has 136 heavy (non-hydrogen) atoms. The van der Waals surface area contributed by atoms with Gasteiger partial charge in [0, 0.05) is 74.4 Å². The minimum Gasteiger partial charge on any atom is -0.394 e. The predicted octanol–water partition coefficient (Wildman–Crippen LogP) is 8.78. The van der Waals surface area contributed by atoms with Crippen LogP contribution in [0.25, 0.3) is 0 Å². The molecule has 16 rings (SSSR count).